The van der Waals surface area contributed by atoms with E-state index in [4.69, 9.17) is 0 Å². The van der Waals surface area contributed by atoms with Gasteiger partial charge < -0.3 is 10.4 Å². The van der Waals surface area contributed by atoms with Crippen LogP contribution in [0.3, 0.4) is 0 Å². The molecule has 0 saturated carbocycles. The zero-order chi connectivity index (χ0) is 16.8. The summed E-state index contributed by atoms with van der Waals surface area (Å²) in [6, 6.07) is 13.2. The van der Waals surface area contributed by atoms with Crippen molar-refractivity contribution >= 4 is 17.8 Å². The number of carbonyl (C=O) groups is 1. The van der Waals surface area contributed by atoms with Crippen LogP contribution >= 0.6 is 0 Å². The van der Waals surface area contributed by atoms with Crippen molar-refractivity contribution in [3.63, 3.8) is 0 Å². The summed E-state index contributed by atoms with van der Waals surface area (Å²) in [4.78, 5) is 15.3. The molecule has 0 aliphatic heterocycles. The quantitative estimate of drug-likeness (QED) is 0.658. The Kier molecular flexibility index (Phi) is 5.31. The molecule has 0 unspecified atom stereocenters. The Hall–Kier alpha value is -2.88. The molecule has 4 heteroatoms. The molecule has 4 nitrogen and oxygen atoms in total. The Bertz CT molecular complexity index is 777. The van der Waals surface area contributed by atoms with E-state index in [0.717, 1.165) is 28.0 Å². The second-order valence-corrected chi connectivity index (χ2v) is 5.30. The van der Waals surface area contributed by atoms with Crippen LogP contribution in [-0.2, 0) is 4.79 Å². The van der Waals surface area contributed by atoms with Crippen molar-refractivity contribution in [3.05, 3.63) is 70.8 Å². The number of rotatable bonds is 5. The topological polar surface area (TPSA) is 61.7 Å². The Morgan fingerprint density at radius 2 is 1.91 bits per heavy atom. The predicted molar refractivity (Wildman–Crippen MR) is 93.7 cm³/mol. The second kappa shape index (κ2) is 7.40. The van der Waals surface area contributed by atoms with Gasteiger partial charge in [0.25, 0.3) is 0 Å². The lowest BCUT2D eigenvalue weighted by molar-refractivity contribution is -0.108. The maximum absolute atomic E-state index is 11.0. The first-order valence-electron chi connectivity index (χ1n) is 7.31. The summed E-state index contributed by atoms with van der Waals surface area (Å²) >= 11 is 0. The van der Waals surface area contributed by atoms with Crippen LogP contribution in [0.2, 0.25) is 0 Å². The summed E-state index contributed by atoms with van der Waals surface area (Å²) < 4.78 is 0. The highest BCUT2D eigenvalue weighted by atomic mass is 16.3. The summed E-state index contributed by atoms with van der Waals surface area (Å²) in [6.45, 7) is 3.83. The summed E-state index contributed by atoms with van der Waals surface area (Å²) in [5, 5.41) is 12.4. The number of aryl methyl sites for hydroxylation is 2. The zero-order valence-electron chi connectivity index (χ0n) is 13.5. The van der Waals surface area contributed by atoms with Crippen LogP contribution in [0, 0.1) is 13.8 Å². The van der Waals surface area contributed by atoms with Gasteiger partial charge >= 0.3 is 0 Å². The number of benzene rings is 2. The average Bonchev–Trinajstić information content (AvgIpc) is 2.54. The number of nitrogens with zero attached hydrogens (tertiary/aromatic N) is 1. The van der Waals surface area contributed by atoms with Crippen molar-refractivity contribution < 1.29 is 9.90 Å². The summed E-state index contributed by atoms with van der Waals surface area (Å²) in [6.07, 6.45) is 2.48. The molecule has 0 saturated heterocycles. The minimum absolute atomic E-state index is 0.248. The van der Waals surface area contributed by atoms with Crippen LogP contribution in [0.25, 0.3) is 5.70 Å². The molecule has 2 aromatic carbocycles. The van der Waals surface area contributed by atoms with E-state index in [9.17, 15) is 9.90 Å². The van der Waals surface area contributed by atoms with Gasteiger partial charge in [0.05, 0.1) is 5.71 Å². The first kappa shape index (κ1) is 16.5. The third-order valence-electron chi connectivity index (χ3n) is 3.56. The number of hydrogen-bond donors (Lipinski definition) is 2. The van der Waals surface area contributed by atoms with Crippen LogP contribution in [0.4, 0.5) is 0 Å². The molecule has 0 aliphatic rings. The maximum Gasteiger partial charge on any atom is 0.211 e. The van der Waals surface area contributed by atoms with E-state index in [0.29, 0.717) is 12.1 Å². The van der Waals surface area contributed by atoms with Gasteiger partial charge in [-0.3, -0.25) is 9.79 Å². The molecule has 0 fully saturated rings. The number of hydrogen-bond acceptors (Lipinski definition) is 3. The highest BCUT2D eigenvalue weighted by molar-refractivity contribution is 6.12. The lowest BCUT2D eigenvalue weighted by atomic mass is 10.0. The van der Waals surface area contributed by atoms with E-state index in [2.05, 4.69) is 10.3 Å². The number of nitrogens with one attached hydrogen (secondary N) is 1. The highest BCUT2D eigenvalue weighted by Crippen LogP contribution is 2.20. The number of phenolic OH excluding ortho intramolecular Hbond substituents is 1. The minimum atomic E-state index is 0.248. The third-order valence-corrected chi connectivity index (χ3v) is 3.56. The number of allylic oxidation sites excluding steroid dienone is 1. The predicted octanol–water partition coefficient (Wildman–Crippen LogP) is 3.22. The largest absolute Gasteiger partial charge is 0.508 e. The Labute approximate surface area is 136 Å². The normalized spacial score (nSPS) is 12.1. The van der Waals surface area contributed by atoms with Gasteiger partial charge in [0.1, 0.15) is 5.75 Å². The summed E-state index contributed by atoms with van der Waals surface area (Å²) in [7, 11) is 1.70. The molecule has 2 rings (SSSR count). The van der Waals surface area contributed by atoms with Crippen molar-refractivity contribution in [2.45, 2.75) is 13.8 Å². The van der Waals surface area contributed by atoms with Gasteiger partial charge in [-0.2, -0.15) is 0 Å². The van der Waals surface area contributed by atoms with E-state index in [1.807, 2.05) is 50.3 Å². The van der Waals surface area contributed by atoms with Gasteiger partial charge in [0.15, 0.2) is 0 Å². The lowest BCUT2D eigenvalue weighted by Gasteiger charge is -2.10. The van der Waals surface area contributed by atoms with Crippen LogP contribution in [0.15, 0.2) is 53.5 Å². The highest BCUT2D eigenvalue weighted by Gasteiger charge is 2.07. The van der Waals surface area contributed by atoms with Crippen LogP contribution in [0.5, 0.6) is 5.75 Å². The Morgan fingerprint density at radius 1 is 1.13 bits per heavy atom. The molecule has 0 aliphatic carbocycles. The van der Waals surface area contributed by atoms with Crippen molar-refractivity contribution in [2.75, 3.05) is 7.05 Å². The molecule has 118 valence electrons. The monoisotopic (exact) mass is 308 g/mol. The van der Waals surface area contributed by atoms with E-state index in [-0.39, 0.29) is 5.75 Å². The van der Waals surface area contributed by atoms with Gasteiger partial charge in [-0.15, -0.1) is 0 Å². The molecular weight excluding hydrogens is 288 g/mol. The van der Waals surface area contributed by atoms with Gasteiger partial charge in [0, 0.05) is 18.3 Å². The molecule has 2 aromatic rings. The van der Waals surface area contributed by atoms with Gasteiger partial charge in [-0.1, -0.05) is 23.8 Å². The van der Waals surface area contributed by atoms with Crippen molar-refractivity contribution in [1.82, 2.24) is 5.32 Å². The standard InChI is InChI=1S/C19H20N2O2/c1-13-5-4-6-15(9-13)18(21-12-22)11-17(20-3)16-7-8-19(23)14(2)10-16/h4-12,23H,1-3H3,(H,21,22)/b18-11-,20-17?. The van der Waals surface area contributed by atoms with E-state index in [1.54, 1.807) is 19.2 Å². The van der Waals surface area contributed by atoms with Crippen molar-refractivity contribution in [2.24, 2.45) is 4.99 Å². The fourth-order valence-electron chi connectivity index (χ4n) is 2.31. The maximum atomic E-state index is 11.0. The molecule has 0 atom stereocenters. The first-order valence-corrected chi connectivity index (χ1v) is 7.31. The molecule has 2 N–H and O–H groups in total. The zero-order valence-corrected chi connectivity index (χ0v) is 13.5. The fourth-order valence-corrected chi connectivity index (χ4v) is 2.31. The fraction of sp³-hybridized carbons (Fsp3) is 0.158. The summed E-state index contributed by atoms with van der Waals surface area (Å²) in [5.74, 6) is 0.248. The molecule has 0 spiro atoms. The number of aromatic hydroxyl groups is 1. The van der Waals surface area contributed by atoms with Gasteiger partial charge in [0.2, 0.25) is 6.41 Å². The van der Waals surface area contributed by atoms with E-state index < -0.39 is 0 Å². The van der Waals surface area contributed by atoms with Crippen molar-refractivity contribution in [3.8, 4) is 5.75 Å². The second-order valence-electron chi connectivity index (χ2n) is 5.30. The molecule has 23 heavy (non-hydrogen) atoms. The van der Waals surface area contributed by atoms with E-state index in [1.165, 1.54) is 0 Å². The summed E-state index contributed by atoms with van der Waals surface area (Å²) in [5.41, 5.74) is 5.07. The van der Waals surface area contributed by atoms with Crippen molar-refractivity contribution in [1.29, 1.82) is 0 Å². The van der Waals surface area contributed by atoms with E-state index >= 15 is 0 Å². The average molecular weight is 308 g/mol. The first-order chi connectivity index (χ1) is 11.0. The molecule has 0 aromatic heterocycles. The van der Waals surface area contributed by atoms with Crippen LogP contribution < -0.4 is 5.32 Å². The number of phenols is 1. The molecular formula is C19H20N2O2. The molecule has 0 heterocycles. The Morgan fingerprint density at radius 3 is 2.52 bits per heavy atom. The smallest absolute Gasteiger partial charge is 0.211 e. The third kappa shape index (κ3) is 4.07. The Balaban J connectivity index is 2.47. The number of amides is 1. The molecule has 0 radical (unpaired) electrons. The van der Waals surface area contributed by atoms with Crippen LogP contribution in [0.1, 0.15) is 22.3 Å². The van der Waals surface area contributed by atoms with Gasteiger partial charge in [-0.05, 0) is 55.3 Å². The van der Waals surface area contributed by atoms with Gasteiger partial charge in [-0.25, -0.2) is 0 Å². The SMILES string of the molecule is CN=C(/C=C(\NC=O)c1cccc(C)c1)c1ccc(O)c(C)c1. The number of carbonyl (C=O) groups excluding carboxylic acids is 1. The van der Waals surface area contributed by atoms with Crippen LogP contribution in [-0.4, -0.2) is 24.3 Å². The minimum Gasteiger partial charge on any atom is -0.508 e. The molecule has 0 bridgehead atoms. The molecule has 1 amide bonds. The number of aliphatic imine (C=N–C) groups is 1. The lowest BCUT2D eigenvalue weighted by Crippen LogP contribution is -2.12.